The van der Waals surface area contributed by atoms with Crippen molar-refractivity contribution >= 4 is 17.7 Å². The highest BCUT2D eigenvalue weighted by atomic mass is 16.6. The summed E-state index contributed by atoms with van der Waals surface area (Å²) in [5, 5.41) is 0. The van der Waals surface area contributed by atoms with Crippen molar-refractivity contribution in [3.8, 4) is 11.1 Å². The Kier molecular flexibility index (Phi) is 3.58. The van der Waals surface area contributed by atoms with Gasteiger partial charge in [0.1, 0.15) is 17.8 Å². The average molecular weight is 350 g/mol. The maximum absolute atomic E-state index is 13.1. The minimum Gasteiger partial charge on any atom is -0.444 e. The van der Waals surface area contributed by atoms with E-state index in [1.165, 1.54) is 0 Å². The molecule has 0 radical (unpaired) electrons. The van der Waals surface area contributed by atoms with Crippen molar-refractivity contribution < 1.29 is 14.3 Å². The topological polar surface area (TPSA) is 49.9 Å². The first-order valence-corrected chi connectivity index (χ1v) is 8.82. The summed E-state index contributed by atoms with van der Waals surface area (Å²) in [4.78, 5) is 29.3. The molecule has 2 heterocycles. The third kappa shape index (κ3) is 2.38. The maximum atomic E-state index is 13.1. The van der Waals surface area contributed by atoms with Crippen LogP contribution in [0.1, 0.15) is 39.4 Å². The largest absolute Gasteiger partial charge is 0.444 e. The molecule has 5 nitrogen and oxygen atoms in total. The lowest BCUT2D eigenvalue weighted by Crippen LogP contribution is -2.42. The Hall–Kier alpha value is -2.82. The monoisotopic (exact) mass is 350 g/mol. The van der Waals surface area contributed by atoms with Gasteiger partial charge < -0.3 is 4.74 Å². The fourth-order valence-electron chi connectivity index (χ4n) is 3.77. The quantitative estimate of drug-likeness (QED) is 0.710. The summed E-state index contributed by atoms with van der Waals surface area (Å²) in [5.74, 6) is -0.0946. The number of hydrogen-bond acceptors (Lipinski definition) is 3. The second-order valence-corrected chi connectivity index (χ2v) is 7.75. The summed E-state index contributed by atoms with van der Waals surface area (Å²) in [6.07, 6.45) is -0.960. The van der Waals surface area contributed by atoms with Crippen LogP contribution in [0.5, 0.6) is 0 Å². The molecule has 2 amide bonds. The normalized spacial score (nSPS) is 21.2. The first-order valence-electron chi connectivity index (χ1n) is 8.82. The van der Waals surface area contributed by atoms with Crippen molar-refractivity contribution in [2.45, 2.75) is 45.5 Å². The molecule has 5 heteroatoms. The number of benzene rings is 2. The molecule has 0 unspecified atom stereocenters. The molecule has 0 spiro atoms. The van der Waals surface area contributed by atoms with Gasteiger partial charge >= 0.3 is 6.09 Å². The molecular formula is C21H22N2O3. The molecule has 0 aromatic heterocycles. The van der Waals surface area contributed by atoms with E-state index in [1.807, 2.05) is 69.3 Å². The van der Waals surface area contributed by atoms with E-state index < -0.39 is 23.9 Å². The molecule has 1 fully saturated rings. The van der Waals surface area contributed by atoms with Crippen molar-refractivity contribution in [2.24, 2.45) is 0 Å². The molecule has 2 aromatic rings. The van der Waals surface area contributed by atoms with Crippen LogP contribution in [0.3, 0.4) is 0 Å². The number of para-hydroxylation sites is 1. The van der Waals surface area contributed by atoms with Gasteiger partial charge in [0.2, 0.25) is 0 Å². The van der Waals surface area contributed by atoms with Gasteiger partial charge in [0, 0.05) is 11.1 Å². The van der Waals surface area contributed by atoms with Crippen LogP contribution in [0.2, 0.25) is 0 Å². The number of hydrogen-bond donors (Lipinski definition) is 0. The fraction of sp³-hybridized carbons (Fsp3) is 0.333. The molecule has 2 atom stereocenters. The standard InChI is InChI=1S/C21H22N2O3/c1-13-19(24)23-17-12-8-7-10-15(17)14-9-5-6-11-16(14)18(23)22(13)20(25)26-21(2,3)4/h5-13,18H,1-4H3/t13-,18-/m0/s1. The molecule has 0 bridgehead atoms. The highest BCUT2D eigenvalue weighted by molar-refractivity contribution is 6.07. The number of anilines is 1. The van der Waals surface area contributed by atoms with Crippen molar-refractivity contribution in [1.29, 1.82) is 0 Å². The van der Waals surface area contributed by atoms with E-state index in [2.05, 4.69) is 0 Å². The van der Waals surface area contributed by atoms with E-state index in [0.29, 0.717) is 0 Å². The smallest absolute Gasteiger partial charge is 0.412 e. The third-order valence-corrected chi connectivity index (χ3v) is 4.82. The minimum atomic E-state index is -0.626. The van der Waals surface area contributed by atoms with E-state index in [4.69, 9.17) is 4.74 Å². The molecule has 0 saturated carbocycles. The lowest BCUT2D eigenvalue weighted by atomic mass is 9.91. The van der Waals surface area contributed by atoms with Gasteiger partial charge in [-0.25, -0.2) is 4.79 Å². The Labute approximate surface area is 153 Å². The molecule has 4 rings (SSSR count). The van der Waals surface area contributed by atoms with Crippen LogP contribution < -0.4 is 4.90 Å². The Bertz CT molecular complexity index is 900. The van der Waals surface area contributed by atoms with Gasteiger partial charge in [-0.05, 0) is 39.3 Å². The van der Waals surface area contributed by atoms with Gasteiger partial charge in [-0.2, -0.15) is 0 Å². The van der Waals surface area contributed by atoms with Gasteiger partial charge in [-0.3, -0.25) is 14.6 Å². The summed E-state index contributed by atoms with van der Waals surface area (Å²) in [6, 6.07) is 15.2. The van der Waals surface area contributed by atoms with E-state index in [-0.39, 0.29) is 5.91 Å². The van der Waals surface area contributed by atoms with E-state index in [0.717, 1.165) is 22.4 Å². The SMILES string of the molecule is C[C@H]1C(=O)N2c3ccccc3-c3ccccc3[C@H]2N1C(=O)OC(C)(C)C. The molecule has 134 valence electrons. The number of nitrogens with zero attached hydrogens (tertiary/aromatic N) is 2. The lowest BCUT2D eigenvalue weighted by molar-refractivity contribution is -0.119. The van der Waals surface area contributed by atoms with Crippen LogP contribution >= 0.6 is 0 Å². The van der Waals surface area contributed by atoms with Gasteiger partial charge in [0.15, 0.2) is 0 Å². The zero-order valence-corrected chi connectivity index (χ0v) is 15.4. The van der Waals surface area contributed by atoms with E-state index >= 15 is 0 Å². The number of amides is 2. The Morgan fingerprint density at radius 3 is 2.31 bits per heavy atom. The number of ether oxygens (including phenoxy) is 1. The van der Waals surface area contributed by atoms with Crippen LogP contribution in [0.15, 0.2) is 48.5 Å². The second kappa shape index (κ2) is 5.59. The summed E-state index contributed by atoms with van der Waals surface area (Å²) < 4.78 is 5.60. The summed E-state index contributed by atoms with van der Waals surface area (Å²) in [6.45, 7) is 7.25. The molecular weight excluding hydrogens is 328 g/mol. The average Bonchev–Trinajstić information content (AvgIpc) is 2.86. The van der Waals surface area contributed by atoms with Crippen molar-refractivity contribution in [2.75, 3.05) is 4.90 Å². The first kappa shape index (κ1) is 16.6. The number of fused-ring (bicyclic) bond motifs is 6. The minimum absolute atomic E-state index is 0.0946. The fourth-order valence-corrected chi connectivity index (χ4v) is 3.77. The van der Waals surface area contributed by atoms with Gasteiger partial charge in [0.05, 0.1) is 5.69 Å². The molecule has 1 saturated heterocycles. The molecule has 0 aliphatic carbocycles. The van der Waals surface area contributed by atoms with Gasteiger partial charge in [-0.1, -0.05) is 42.5 Å². The van der Waals surface area contributed by atoms with Crippen LogP contribution in [-0.2, 0) is 9.53 Å². The Morgan fingerprint density at radius 1 is 1.00 bits per heavy atom. The summed E-state index contributed by atoms with van der Waals surface area (Å²) in [5.41, 5.74) is 3.19. The predicted molar refractivity (Wildman–Crippen MR) is 99.6 cm³/mol. The second-order valence-electron chi connectivity index (χ2n) is 7.75. The first-order chi connectivity index (χ1) is 12.3. The predicted octanol–water partition coefficient (Wildman–Crippen LogP) is 4.34. The van der Waals surface area contributed by atoms with E-state index in [9.17, 15) is 9.59 Å². The zero-order valence-electron chi connectivity index (χ0n) is 15.4. The summed E-state index contributed by atoms with van der Waals surface area (Å²) >= 11 is 0. The molecule has 0 N–H and O–H groups in total. The Balaban J connectivity index is 1.89. The summed E-state index contributed by atoms with van der Waals surface area (Å²) in [7, 11) is 0. The molecule has 2 aliphatic rings. The van der Waals surface area contributed by atoms with Crippen LogP contribution in [0.25, 0.3) is 11.1 Å². The number of carbonyl (C=O) groups is 2. The van der Waals surface area contributed by atoms with Gasteiger partial charge in [0.25, 0.3) is 5.91 Å². The van der Waals surface area contributed by atoms with Crippen LogP contribution in [0, 0.1) is 0 Å². The number of carbonyl (C=O) groups excluding carboxylic acids is 2. The van der Waals surface area contributed by atoms with Crippen molar-refractivity contribution in [3.05, 3.63) is 54.1 Å². The Morgan fingerprint density at radius 2 is 1.62 bits per heavy atom. The highest BCUT2D eigenvalue weighted by Gasteiger charge is 2.51. The van der Waals surface area contributed by atoms with Crippen molar-refractivity contribution in [3.63, 3.8) is 0 Å². The highest BCUT2D eigenvalue weighted by Crippen LogP contribution is 2.49. The lowest BCUT2D eigenvalue weighted by Gasteiger charge is -2.37. The molecule has 2 aromatic carbocycles. The van der Waals surface area contributed by atoms with Crippen LogP contribution in [0.4, 0.5) is 10.5 Å². The maximum Gasteiger partial charge on any atom is 0.412 e. The molecule has 26 heavy (non-hydrogen) atoms. The van der Waals surface area contributed by atoms with Crippen molar-refractivity contribution in [1.82, 2.24) is 4.90 Å². The third-order valence-electron chi connectivity index (χ3n) is 4.82. The van der Waals surface area contributed by atoms with Crippen LogP contribution in [-0.4, -0.2) is 28.5 Å². The zero-order chi connectivity index (χ0) is 18.6. The number of rotatable bonds is 0. The van der Waals surface area contributed by atoms with E-state index in [1.54, 1.807) is 16.7 Å². The van der Waals surface area contributed by atoms with Gasteiger partial charge in [-0.15, -0.1) is 0 Å². The molecule has 2 aliphatic heterocycles.